The molecule has 21 heavy (non-hydrogen) atoms. The van der Waals surface area contributed by atoms with E-state index >= 15 is 0 Å². The van der Waals surface area contributed by atoms with Gasteiger partial charge in [-0.2, -0.15) is 0 Å². The number of thiocarbonyl (C=S) groups is 1. The molecule has 0 aliphatic heterocycles. The number of terminal acetylenes is 1. The third kappa shape index (κ3) is 4.94. The molecule has 0 spiro atoms. The van der Waals surface area contributed by atoms with Crippen LogP contribution in [-0.2, 0) is 6.42 Å². The van der Waals surface area contributed by atoms with Crippen LogP contribution in [0, 0.1) is 12.3 Å². The average molecular weight is 294 g/mol. The first-order valence-corrected chi connectivity index (χ1v) is 7.27. The summed E-state index contributed by atoms with van der Waals surface area (Å²) in [5, 5.41) is 6.93. The lowest BCUT2D eigenvalue weighted by atomic mass is 9.99. The van der Waals surface area contributed by atoms with E-state index in [1.165, 1.54) is 11.1 Å². The fourth-order valence-corrected chi connectivity index (χ4v) is 2.34. The fourth-order valence-electron chi connectivity index (χ4n) is 2.13. The molecule has 0 radical (unpaired) electrons. The Balaban J connectivity index is 2.11. The Bertz CT molecular complexity index is 602. The smallest absolute Gasteiger partial charge is 0.167 e. The molecule has 2 aromatic carbocycles. The minimum Gasteiger partial charge on any atom is -0.356 e. The predicted molar refractivity (Wildman–Crippen MR) is 91.9 cm³/mol. The summed E-state index contributed by atoms with van der Waals surface area (Å²) in [5.41, 5.74) is 2.46. The highest BCUT2D eigenvalue weighted by atomic mass is 32.1. The molecule has 2 aromatic rings. The van der Waals surface area contributed by atoms with Gasteiger partial charge in [-0.25, -0.2) is 0 Å². The molecule has 3 heteroatoms. The molecule has 2 rings (SSSR count). The maximum atomic E-state index is 5.29. The van der Waals surface area contributed by atoms with Gasteiger partial charge in [0.15, 0.2) is 5.11 Å². The van der Waals surface area contributed by atoms with Gasteiger partial charge in [-0.15, -0.1) is 6.42 Å². The number of hydrogen-bond donors (Lipinski definition) is 2. The van der Waals surface area contributed by atoms with Gasteiger partial charge in [0.05, 0.1) is 12.6 Å². The van der Waals surface area contributed by atoms with Crippen molar-refractivity contribution < 1.29 is 0 Å². The standard InChI is InChI=1S/C18H18N2S/c1-2-13-19-18(21)20-17(16-11-7-4-8-12-16)14-15-9-5-3-6-10-15/h1,3-12,17H,13-14H2,(H2,19,20,21). The van der Waals surface area contributed by atoms with Gasteiger partial charge in [0.2, 0.25) is 0 Å². The van der Waals surface area contributed by atoms with Gasteiger partial charge in [0.25, 0.3) is 0 Å². The van der Waals surface area contributed by atoms with Crippen molar-refractivity contribution in [2.45, 2.75) is 12.5 Å². The molecule has 0 fully saturated rings. The summed E-state index contributed by atoms with van der Waals surface area (Å²) < 4.78 is 0. The Morgan fingerprint density at radius 1 is 1.05 bits per heavy atom. The number of benzene rings is 2. The van der Waals surface area contributed by atoms with Crippen molar-refractivity contribution in [3.05, 3.63) is 71.8 Å². The van der Waals surface area contributed by atoms with Gasteiger partial charge in [-0.1, -0.05) is 66.6 Å². The molecule has 0 bridgehead atoms. The molecule has 0 aliphatic rings. The van der Waals surface area contributed by atoms with Crippen LogP contribution < -0.4 is 10.6 Å². The molecule has 2 nitrogen and oxygen atoms in total. The second-order valence-electron chi connectivity index (χ2n) is 4.68. The molecular weight excluding hydrogens is 276 g/mol. The van der Waals surface area contributed by atoms with Crippen LogP contribution in [0.4, 0.5) is 0 Å². The average Bonchev–Trinajstić information content (AvgIpc) is 2.54. The van der Waals surface area contributed by atoms with Crippen molar-refractivity contribution in [2.75, 3.05) is 6.54 Å². The molecule has 0 saturated heterocycles. The third-order valence-electron chi connectivity index (χ3n) is 3.14. The van der Waals surface area contributed by atoms with Crippen LogP contribution in [0.1, 0.15) is 17.2 Å². The van der Waals surface area contributed by atoms with E-state index in [1.807, 2.05) is 36.4 Å². The van der Waals surface area contributed by atoms with Gasteiger partial charge >= 0.3 is 0 Å². The monoisotopic (exact) mass is 294 g/mol. The van der Waals surface area contributed by atoms with E-state index in [0.717, 1.165) is 6.42 Å². The topological polar surface area (TPSA) is 24.1 Å². The lowest BCUT2D eigenvalue weighted by molar-refractivity contribution is 0.637. The first-order valence-electron chi connectivity index (χ1n) is 6.86. The molecule has 0 aliphatic carbocycles. The zero-order valence-electron chi connectivity index (χ0n) is 11.8. The summed E-state index contributed by atoms with van der Waals surface area (Å²) in [5.74, 6) is 2.52. The highest BCUT2D eigenvalue weighted by Gasteiger charge is 2.13. The number of rotatable bonds is 5. The highest BCUT2D eigenvalue weighted by molar-refractivity contribution is 7.80. The first-order chi connectivity index (χ1) is 10.3. The Morgan fingerprint density at radius 2 is 1.67 bits per heavy atom. The zero-order valence-corrected chi connectivity index (χ0v) is 12.6. The molecular formula is C18H18N2S. The van der Waals surface area contributed by atoms with Gasteiger partial charge < -0.3 is 10.6 Å². The summed E-state index contributed by atoms with van der Waals surface area (Å²) in [6.07, 6.45) is 6.11. The minimum atomic E-state index is 0.117. The summed E-state index contributed by atoms with van der Waals surface area (Å²) in [6, 6.07) is 20.8. The maximum absolute atomic E-state index is 5.29. The molecule has 0 amide bonds. The van der Waals surface area contributed by atoms with Gasteiger partial charge in [-0.05, 0) is 29.8 Å². The number of hydrogen-bond acceptors (Lipinski definition) is 1. The summed E-state index contributed by atoms with van der Waals surface area (Å²) >= 11 is 5.29. The Hall–Kier alpha value is -2.31. The molecule has 0 saturated carbocycles. The van der Waals surface area contributed by atoms with Gasteiger partial charge in [0.1, 0.15) is 0 Å². The predicted octanol–water partition coefficient (Wildman–Crippen LogP) is 3.07. The van der Waals surface area contributed by atoms with Crippen LogP contribution in [0.5, 0.6) is 0 Å². The normalized spacial score (nSPS) is 11.2. The largest absolute Gasteiger partial charge is 0.356 e. The summed E-state index contributed by atoms with van der Waals surface area (Å²) in [4.78, 5) is 0. The highest BCUT2D eigenvalue weighted by Crippen LogP contribution is 2.18. The van der Waals surface area contributed by atoms with Crippen molar-refractivity contribution in [2.24, 2.45) is 0 Å². The van der Waals surface area contributed by atoms with Gasteiger partial charge in [-0.3, -0.25) is 0 Å². The van der Waals surface area contributed by atoms with E-state index in [1.54, 1.807) is 0 Å². The minimum absolute atomic E-state index is 0.117. The first kappa shape index (κ1) is 15.1. The fraction of sp³-hybridized carbons (Fsp3) is 0.167. The second kappa shape index (κ2) is 8.08. The van der Waals surface area contributed by atoms with E-state index in [2.05, 4.69) is 40.8 Å². The Labute approximate surface area is 131 Å². The Kier molecular flexibility index (Phi) is 5.81. The molecule has 2 N–H and O–H groups in total. The van der Waals surface area contributed by atoms with Crippen LogP contribution in [0.15, 0.2) is 60.7 Å². The lowest BCUT2D eigenvalue weighted by Crippen LogP contribution is -2.38. The lowest BCUT2D eigenvalue weighted by Gasteiger charge is -2.21. The third-order valence-corrected chi connectivity index (χ3v) is 3.40. The molecule has 0 heterocycles. The molecule has 0 aromatic heterocycles. The molecule has 106 valence electrons. The van der Waals surface area contributed by atoms with Crippen LogP contribution in [-0.4, -0.2) is 11.7 Å². The van der Waals surface area contributed by atoms with Crippen molar-refractivity contribution in [1.82, 2.24) is 10.6 Å². The van der Waals surface area contributed by atoms with Gasteiger partial charge in [0, 0.05) is 0 Å². The summed E-state index contributed by atoms with van der Waals surface area (Å²) in [7, 11) is 0. The van der Waals surface area contributed by atoms with Crippen LogP contribution in [0.2, 0.25) is 0 Å². The van der Waals surface area contributed by atoms with Crippen molar-refractivity contribution in [3.63, 3.8) is 0 Å². The van der Waals surface area contributed by atoms with Crippen LogP contribution in [0.25, 0.3) is 0 Å². The SMILES string of the molecule is C#CCNC(=S)NC(Cc1ccccc1)c1ccccc1. The molecule has 1 atom stereocenters. The quantitative estimate of drug-likeness (QED) is 0.654. The van der Waals surface area contributed by atoms with E-state index in [-0.39, 0.29) is 6.04 Å². The van der Waals surface area contributed by atoms with Crippen molar-refractivity contribution >= 4 is 17.3 Å². The van der Waals surface area contributed by atoms with E-state index in [4.69, 9.17) is 18.6 Å². The number of nitrogens with one attached hydrogen (secondary N) is 2. The van der Waals surface area contributed by atoms with Crippen LogP contribution in [0.3, 0.4) is 0 Å². The van der Waals surface area contributed by atoms with Crippen molar-refractivity contribution in [3.8, 4) is 12.3 Å². The second-order valence-corrected chi connectivity index (χ2v) is 5.09. The summed E-state index contributed by atoms with van der Waals surface area (Å²) in [6.45, 7) is 0.429. The van der Waals surface area contributed by atoms with E-state index in [9.17, 15) is 0 Å². The van der Waals surface area contributed by atoms with Crippen LogP contribution >= 0.6 is 12.2 Å². The van der Waals surface area contributed by atoms with Crippen molar-refractivity contribution in [1.29, 1.82) is 0 Å². The van der Waals surface area contributed by atoms with E-state index < -0.39 is 0 Å². The molecule has 1 unspecified atom stereocenters. The van der Waals surface area contributed by atoms with E-state index in [0.29, 0.717) is 11.7 Å². The Morgan fingerprint density at radius 3 is 2.29 bits per heavy atom. The zero-order chi connectivity index (χ0) is 14.9. The maximum Gasteiger partial charge on any atom is 0.167 e.